The summed E-state index contributed by atoms with van der Waals surface area (Å²) in [4.78, 5) is 34.4. The zero-order chi connectivity index (χ0) is 20.0. The number of hydrogen-bond acceptors (Lipinski definition) is 5. The van der Waals surface area contributed by atoms with Crippen LogP contribution in [0.2, 0.25) is 10.0 Å². The van der Waals surface area contributed by atoms with Gasteiger partial charge in [0.2, 0.25) is 0 Å². The molecule has 0 aliphatic rings. The lowest BCUT2D eigenvalue weighted by atomic mass is 10.1. The van der Waals surface area contributed by atoms with Gasteiger partial charge < -0.3 is 10.1 Å². The van der Waals surface area contributed by atoms with Gasteiger partial charge in [0, 0.05) is 17.2 Å². The molecule has 27 heavy (non-hydrogen) atoms. The molecule has 0 saturated carbocycles. The number of amides is 1. The van der Waals surface area contributed by atoms with E-state index in [-0.39, 0.29) is 16.3 Å². The molecule has 7 nitrogen and oxygen atoms in total. The van der Waals surface area contributed by atoms with Crippen molar-refractivity contribution in [2.75, 3.05) is 5.32 Å². The molecule has 1 atom stereocenters. The molecule has 0 heterocycles. The summed E-state index contributed by atoms with van der Waals surface area (Å²) in [5.41, 5.74) is 0.415. The Kier molecular flexibility index (Phi) is 6.92. The number of rotatable bonds is 6. The van der Waals surface area contributed by atoms with Gasteiger partial charge in [-0.2, -0.15) is 0 Å². The van der Waals surface area contributed by atoms with Crippen LogP contribution in [0.4, 0.5) is 11.4 Å². The quantitative estimate of drug-likeness (QED) is 0.328. The van der Waals surface area contributed by atoms with Gasteiger partial charge in [-0.1, -0.05) is 35.3 Å². The summed E-state index contributed by atoms with van der Waals surface area (Å²) in [6.45, 7) is 1.38. The summed E-state index contributed by atoms with van der Waals surface area (Å²) in [5.74, 6) is -1.41. The summed E-state index contributed by atoms with van der Waals surface area (Å²) in [7, 11) is 0. The normalized spacial score (nSPS) is 11.8. The number of anilines is 1. The van der Waals surface area contributed by atoms with Crippen LogP contribution < -0.4 is 5.32 Å². The van der Waals surface area contributed by atoms with Gasteiger partial charge in [0.1, 0.15) is 0 Å². The summed E-state index contributed by atoms with van der Waals surface area (Å²) in [5, 5.41) is 14.1. The molecule has 1 N–H and O–H groups in total. The average molecular weight is 409 g/mol. The zero-order valence-electron chi connectivity index (χ0n) is 14.0. The van der Waals surface area contributed by atoms with Gasteiger partial charge >= 0.3 is 5.97 Å². The van der Waals surface area contributed by atoms with Crippen LogP contribution in [0.3, 0.4) is 0 Å². The van der Waals surface area contributed by atoms with E-state index in [1.54, 1.807) is 12.1 Å². The van der Waals surface area contributed by atoms with Crippen molar-refractivity contribution >= 4 is 52.5 Å². The Morgan fingerprint density at radius 2 is 1.93 bits per heavy atom. The minimum atomic E-state index is -1.11. The number of nitrogens with zero attached hydrogens (tertiary/aromatic N) is 1. The number of ether oxygens (including phenoxy) is 1. The van der Waals surface area contributed by atoms with Crippen LogP contribution in [0, 0.1) is 10.1 Å². The van der Waals surface area contributed by atoms with Gasteiger partial charge in [0.25, 0.3) is 11.6 Å². The second-order valence-corrected chi connectivity index (χ2v) is 6.19. The van der Waals surface area contributed by atoms with Crippen molar-refractivity contribution in [2.24, 2.45) is 0 Å². The summed E-state index contributed by atoms with van der Waals surface area (Å²) in [6.07, 6.45) is 1.15. The van der Waals surface area contributed by atoms with Crippen molar-refractivity contribution in [3.05, 3.63) is 74.3 Å². The minimum absolute atomic E-state index is 0.148. The van der Waals surface area contributed by atoms with E-state index in [0.717, 1.165) is 6.08 Å². The third kappa shape index (κ3) is 5.80. The van der Waals surface area contributed by atoms with Gasteiger partial charge in [-0.25, -0.2) is 4.79 Å². The number of carbonyl (C=O) groups excluding carboxylic acids is 2. The molecule has 0 fully saturated rings. The standard InChI is InChI=1S/C18H14Cl2N2O5/c1-11(18(24)21-15-8-7-13(19)10-14(15)20)27-17(23)9-6-12-4-2-3-5-16(12)22(25)26/h2-11H,1H3,(H,21,24)/b9-6+/t11-/m0/s1. The second kappa shape index (κ2) is 9.16. The Morgan fingerprint density at radius 3 is 2.59 bits per heavy atom. The Labute approximate surface area is 164 Å². The lowest BCUT2D eigenvalue weighted by molar-refractivity contribution is -0.385. The van der Waals surface area contributed by atoms with Crippen LogP contribution in [0.5, 0.6) is 0 Å². The van der Waals surface area contributed by atoms with E-state index in [1.165, 1.54) is 43.3 Å². The van der Waals surface area contributed by atoms with Crippen molar-refractivity contribution in [1.29, 1.82) is 0 Å². The number of nitrogens with one attached hydrogen (secondary N) is 1. The molecule has 0 aromatic heterocycles. The number of carbonyl (C=O) groups is 2. The number of halogens is 2. The molecule has 2 aromatic rings. The summed E-state index contributed by atoms with van der Waals surface area (Å²) in [6, 6.07) is 10.5. The van der Waals surface area contributed by atoms with E-state index in [9.17, 15) is 19.7 Å². The number of nitro benzene ring substituents is 1. The highest BCUT2D eigenvalue weighted by molar-refractivity contribution is 6.36. The maximum atomic E-state index is 12.1. The number of esters is 1. The lowest BCUT2D eigenvalue weighted by Crippen LogP contribution is -2.29. The monoisotopic (exact) mass is 408 g/mol. The van der Waals surface area contributed by atoms with Crippen molar-refractivity contribution in [1.82, 2.24) is 0 Å². The van der Waals surface area contributed by atoms with E-state index < -0.39 is 22.9 Å². The topological polar surface area (TPSA) is 98.5 Å². The van der Waals surface area contributed by atoms with Gasteiger partial charge in [-0.05, 0) is 37.3 Å². The largest absolute Gasteiger partial charge is 0.449 e. The number of benzene rings is 2. The summed E-state index contributed by atoms with van der Waals surface area (Å²) >= 11 is 11.8. The first-order chi connectivity index (χ1) is 12.8. The first-order valence-corrected chi connectivity index (χ1v) is 8.41. The molecule has 0 spiro atoms. The predicted octanol–water partition coefficient (Wildman–Crippen LogP) is 4.49. The summed E-state index contributed by atoms with van der Waals surface area (Å²) < 4.78 is 4.99. The SMILES string of the molecule is C[C@H](OC(=O)/C=C/c1ccccc1[N+](=O)[O-])C(=O)Nc1ccc(Cl)cc1Cl. The first kappa shape index (κ1) is 20.4. The van der Waals surface area contributed by atoms with Crippen LogP contribution in [-0.4, -0.2) is 22.9 Å². The van der Waals surface area contributed by atoms with Crippen molar-refractivity contribution in [3.63, 3.8) is 0 Å². The van der Waals surface area contributed by atoms with E-state index in [4.69, 9.17) is 27.9 Å². The van der Waals surface area contributed by atoms with E-state index in [1.807, 2.05) is 0 Å². The van der Waals surface area contributed by atoms with Crippen LogP contribution in [0.25, 0.3) is 6.08 Å². The van der Waals surface area contributed by atoms with Crippen LogP contribution in [-0.2, 0) is 14.3 Å². The maximum Gasteiger partial charge on any atom is 0.331 e. The lowest BCUT2D eigenvalue weighted by Gasteiger charge is -2.13. The molecule has 9 heteroatoms. The van der Waals surface area contributed by atoms with Crippen LogP contribution in [0.15, 0.2) is 48.5 Å². The van der Waals surface area contributed by atoms with Crippen molar-refractivity contribution < 1.29 is 19.2 Å². The molecule has 0 aliphatic heterocycles. The molecule has 0 radical (unpaired) electrons. The highest BCUT2D eigenvalue weighted by Crippen LogP contribution is 2.25. The minimum Gasteiger partial charge on any atom is -0.449 e. The Hall–Kier alpha value is -2.90. The molecule has 1 amide bonds. The van der Waals surface area contributed by atoms with Gasteiger partial charge in [0.15, 0.2) is 6.10 Å². The fraction of sp³-hybridized carbons (Fsp3) is 0.111. The molecule has 2 rings (SSSR count). The Bertz CT molecular complexity index is 914. The molecule has 0 unspecified atom stereocenters. The molecular weight excluding hydrogens is 395 g/mol. The highest BCUT2D eigenvalue weighted by atomic mass is 35.5. The number of hydrogen-bond donors (Lipinski definition) is 1. The van der Waals surface area contributed by atoms with E-state index >= 15 is 0 Å². The predicted molar refractivity (Wildman–Crippen MR) is 103 cm³/mol. The fourth-order valence-corrected chi connectivity index (χ4v) is 2.50. The maximum absolute atomic E-state index is 12.1. The third-order valence-electron chi connectivity index (χ3n) is 3.38. The smallest absolute Gasteiger partial charge is 0.331 e. The Balaban J connectivity index is 1.98. The highest BCUT2D eigenvalue weighted by Gasteiger charge is 2.18. The van der Waals surface area contributed by atoms with Crippen LogP contribution in [0.1, 0.15) is 12.5 Å². The fourth-order valence-electron chi connectivity index (χ4n) is 2.04. The van der Waals surface area contributed by atoms with E-state index in [2.05, 4.69) is 5.32 Å². The molecular formula is C18H14Cl2N2O5. The number of nitro groups is 1. The van der Waals surface area contributed by atoms with Crippen molar-refractivity contribution in [2.45, 2.75) is 13.0 Å². The van der Waals surface area contributed by atoms with Crippen molar-refractivity contribution in [3.8, 4) is 0 Å². The molecule has 0 bridgehead atoms. The molecule has 0 saturated heterocycles. The van der Waals surface area contributed by atoms with Gasteiger partial charge in [0.05, 0.1) is 21.2 Å². The van der Waals surface area contributed by atoms with Crippen LogP contribution >= 0.6 is 23.2 Å². The zero-order valence-corrected chi connectivity index (χ0v) is 15.5. The van der Waals surface area contributed by atoms with Gasteiger partial charge in [-0.3, -0.25) is 14.9 Å². The first-order valence-electron chi connectivity index (χ1n) is 7.66. The average Bonchev–Trinajstić information content (AvgIpc) is 2.62. The van der Waals surface area contributed by atoms with Gasteiger partial charge in [-0.15, -0.1) is 0 Å². The van der Waals surface area contributed by atoms with E-state index in [0.29, 0.717) is 10.7 Å². The molecule has 2 aromatic carbocycles. The third-order valence-corrected chi connectivity index (χ3v) is 3.93. The molecule has 140 valence electrons. The molecule has 0 aliphatic carbocycles. The Morgan fingerprint density at radius 1 is 1.22 bits per heavy atom. The number of para-hydroxylation sites is 1. The second-order valence-electron chi connectivity index (χ2n) is 5.34.